The first-order valence-corrected chi connectivity index (χ1v) is 11.1. The summed E-state index contributed by atoms with van der Waals surface area (Å²) in [6.45, 7) is 1.85. The number of ketones is 1. The molecule has 1 aromatic carbocycles. The van der Waals surface area contributed by atoms with Crippen LogP contribution in [-0.2, 0) is 23.8 Å². The van der Waals surface area contributed by atoms with Crippen molar-refractivity contribution >= 4 is 33.7 Å². The third-order valence-electron chi connectivity index (χ3n) is 5.42. The molecular weight excluding hydrogens is 486 g/mol. The molecule has 0 spiro atoms. The minimum Gasteiger partial charge on any atom is -0.446 e. The number of ether oxygens (including phenoxy) is 3. The summed E-state index contributed by atoms with van der Waals surface area (Å²) in [4.78, 5) is 39.2. The normalized spacial score (nSPS) is 26.6. The topological polar surface area (TPSA) is 123 Å². The number of amides is 2. The van der Waals surface area contributed by atoms with Crippen molar-refractivity contribution in [3.8, 4) is 0 Å². The molecule has 2 aliphatic heterocycles. The number of cyclic esters (lactones) is 1. The second kappa shape index (κ2) is 10.7. The maximum Gasteiger partial charge on any atom is 0.417 e. The number of aliphatic hydroxyl groups is 2. The number of rotatable bonds is 9. The molecule has 32 heavy (non-hydrogen) atoms. The summed E-state index contributed by atoms with van der Waals surface area (Å²) < 4.78 is 16.2. The Bertz CT molecular complexity index is 876. The summed E-state index contributed by atoms with van der Waals surface area (Å²) >= 11 is 3.18. The maximum absolute atomic E-state index is 13.2. The Labute approximate surface area is 194 Å². The summed E-state index contributed by atoms with van der Waals surface area (Å²) in [6.07, 6.45) is -0.386. The fourth-order valence-corrected chi connectivity index (χ4v) is 4.20. The maximum atomic E-state index is 13.2. The van der Waals surface area contributed by atoms with Crippen LogP contribution in [0.25, 0.3) is 0 Å². The van der Waals surface area contributed by atoms with Crippen molar-refractivity contribution in [2.45, 2.75) is 37.7 Å². The molecule has 0 aliphatic carbocycles. The average Bonchev–Trinajstić information content (AvgIpc) is 3.17. The minimum atomic E-state index is -1.82. The average molecular weight is 512 g/mol. The quantitative estimate of drug-likeness (QED) is 0.483. The van der Waals surface area contributed by atoms with Crippen molar-refractivity contribution < 1.29 is 38.8 Å². The van der Waals surface area contributed by atoms with Gasteiger partial charge in [-0.15, -0.1) is 0 Å². The van der Waals surface area contributed by atoms with E-state index in [1.54, 1.807) is 24.3 Å². The number of carbonyl (C=O) groups is 3. The molecule has 0 saturated carbocycles. The molecule has 0 aromatic heterocycles. The largest absolute Gasteiger partial charge is 0.446 e. The standard InChI is InChI=1S/C22H26BrNO8/c1-14(20(27)24-16(13-31-21(24)28)15-6-3-2-4-7-15)19-17(26)12-18(23)22(29,32-19)8-5-10-30-11-9-25/h2-4,6-7,12,14,16,19,25,29H,5,8-11,13H2,1H3/t14-,16+,19-,22+/m0/s1. The lowest BCUT2D eigenvalue weighted by Crippen LogP contribution is -2.51. The molecule has 1 fully saturated rings. The Morgan fingerprint density at radius 2 is 2.03 bits per heavy atom. The van der Waals surface area contributed by atoms with E-state index in [9.17, 15) is 19.5 Å². The Morgan fingerprint density at radius 1 is 1.31 bits per heavy atom. The van der Waals surface area contributed by atoms with Crippen LogP contribution in [0.1, 0.15) is 31.4 Å². The number of hydrogen-bond donors (Lipinski definition) is 2. The van der Waals surface area contributed by atoms with Crippen LogP contribution in [0.3, 0.4) is 0 Å². The smallest absolute Gasteiger partial charge is 0.417 e. The zero-order valence-corrected chi connectivity index (χ0v) is 19.2. The number of halogens is 1. The van der Waals surface area contributed by atoms with Crippen molar-refractivity contribution in [3.63, 3.8) is 0 Å². The molecule has 2 amide bonds. The highest BCUT2D eigenvalue weighted by Gasteiger charge is 2.48. The molecule has 1 aromatic rings. The van der Waals surface area contributed by atoms with Crippen molar-refractivity contribution in [2.24, 2.45) is 5.92 Å². The lowest BCUT2D eigenvalue weighted by molar-refractivity contribution is -0.217. The SMILES string of the molecule is C[C@H](C(=O)N1C(=O)OC[C@@H]1c1ccccc1)[C@@H]1O[C@](O)(CCCOCCO)C(Br)=CC1=O. The van der Waals surface area contributed by atoms with Crippen LogP contribution in [0.2, 0.25) is 0 Å². The first kappa shape index (κ1) is 24.5. The summed E-state index contributed by atoms with van der Waals surface area (Å²) in [6, 6.07) is 8.39. The van der Waals surface area contributed by atoms with E-state index < -0.39 is 41.6 Å². The third kappa shape index (κ3) is 5.26. The predicted octanol–water partition coefficient (Wildman–Crippen LogP) is 2.07. The van der Waals surface area contributed by atoms with E-state index in [0.717, 1.165) is 10.5 Å². The summed E-state index contributed by atoms with van der Waals surface area (Å²) in [5.41, 5.74) is 0.733. The lowest BCUT2D eigenvalue weighted by Gasteiger charge is -2.37. The van der Waals surface area contributed by atoms with Crippen LogP contribution in [0.4, 0.5) is 4.79 Å². The van der Waals surface area contributed by atoms with E-state index in [0.29, 0.717) is 6.42 Å². The van der Waals surface area contributed by atoms with Gasteiger partial charge in [-0.1, -0.05) is 37.3 Å². The number of aliphatic hydroxyl groups excluding tert-OH is 1. The number of benzene rings is 1. The van der Waals surface area contributed by atoms with Crippen molar-refractivity contribution in [3.05, 3.63) is 46.5 Å². The zero-order valence-electron chi connectivity index (χ0n) is 17.6. The molecule has 3 rings (SSSR count). The molecule has 1 saturated heterocycles. The Hall–Kier alpha value is -2.11. The van der Waals surface area contributed by atoms with Crippen molar-refractivity contribution in [2.75, 3.05) is 26.4 Å². The van der Waals surface area contributed by atoms with Gasteiger partial charge in [0.25, 0.3) is 0 Å². The van der Waals surface area contributed by atoms with E-state index in [-0.39, 0.29) is 37.3 Å². The van der Waals surface area contributed by atoms with Crippen LogP contribution in [0.15, 0.2) is 40.9 Å². The lowest BCUT2D eigenvalue weighted by atomic mass is 9.93. The van der Waals surface area contributed by atoms with Crippen LogP contribution >= 0.6 is 15.9 Å². The van der Waals surface area contributed by atoms with Gasteiger partial charge in [0.15, 0.2) is 11.6 Å². The van der Waals surface area contributed by atoms with Gasteiger partial charge in [-0.3, -0.25) is 9.59 Å². The molecule has 2 N–H and O–H groups in total. The minimum absolute atomic E-state index is 0.0179. The van der Waals surface area contributed by atoms with Crippen LogP contribution in [0, 0.1) is 5.92 Å². The van der Waals surface area contributed by atoms with Crippen LogP contribution < -0.4 is 0 Å². The Balaban J connectivity index is 1.74. The van der Waals surface area contributed by atoms with Crippen LogP contribution in [-0.4, -0.2) is 71.2 Å². The first-order chi connectivity index (χ1) is 15.3. The molecule has 4 atom stereocenters. The molecular formula is C22H26BrNO8. The second-order valence-electron chi connectivity index (χ2n) is 7.66. The number of nitrogens with zero attached hydrogens (tertiary/aromatic N) is 1. The monoisotopic (exact) mass is 511 g/mol. The van der Waals surface area contributed by atoms with E-state index in [2.05, 4.69) is 15.9 Å². The zero-order chi connectivity index (χ0) is 23.3. The highest BCUT2D eigenvalue weighted by molar-refractivity contribution is 9.11. The van der Waals surface area contributed by atoms with E-state index in [1.807, 2.05) is 6.07 Å². The van der Waals surface area contributed by atoms with E-state index in [1.165, 1.54) is 13.0 Å². The highest BCUT2D eigenvalue weighted by atomic mass is 79.9. The first-order valence-electron chi connectivity index (χ1n) is 10.3. The van der Waals surface area contributed by atoms with E-state index >= 15 is 0 Å². The molecule has 9 nitrogen and oxygen atoms in total. The summed E-state index contributed by atoms with van der Waals surface area (Å²) in [5, 5.41) is 19.7. The van der Waals surface area contributed by atoms with Crippen molar-refractivity contribution in [1.29, 1.82) is 0 Å². The third-order valence-corrected chi connectivity index (χ3v) is 6.27. The van der Waals surface area contributed by atoms with Crippen molar-refractivity contribution in [1.82, 2.24) is 4.90 Å². The number of hydrogen-bond acceptors (Lipinski definition) is 8. The molecule has 0 unspecified atom stereocenters. The Kier molecular flexibility index (Phi) is 8.18. The molecule has 2 aliphatic rings. The van der Waals surface area contributed by atoms with Gasteiger partial charge < -0.3 is 24.4 Å². The fourth-order valence-electron chi connectivity index (χ4n) is 3.69. The van der Waals surface area contributed by atoms with Gasteiger partial charge in [0.1, 0.15) is 18.8 Å². The van der Waals surface area contributed by atoms with Gasteiger partial charge in [-0.25, -0.2) is 9.69 Å². The molecule has 2 heterocycles. The number of carbonyl (C=O) groups excluding carboxylic acids is 3. The van der Waals surface area contributed by atoms with Crippen LogP contribution in [0.5, 0.6) is 0 Å². The van der Waals surface area contributed by atoms with Gasteiger partial charge in [0, 0.05) is 13.0 Å². The molecule has 0 bridgehead atoms. The second-order valence-corrected chi connectivity index (χ2v) is 8.51. The summed E-state index contributed by atoms with van der Waals surface area (Å²) in [7, 11) is 0. The van der Waals surface area contributed by atoms with Gasteiger partial charge >= 0.3 is 6.09 Å². The molecule has 10 heteroatoms. The molecule has 174 valence electrons. The predicted molar refractivity (Wildman–Crippen MR) is 116 cm³/mol. The Morgan fingerprint density at radius 3 is 2.72 bits per heavy atom. The van der Waals surface area contributed by atoms with Gasteiger partial charge in [0.05, 0.1) is 23.6 Å². The van der Waals surface area contributed by atoms with Gasteiger partial charge in [-0.2, -0.15) is 0 Å². The fraction of sp³-hybridized carbons (Fsp3) is 0.500. The van der Waals surface area contributed by atoms with Gasteiger partial charge in [0.2, 0.25) is 5.91 Å². The van der Waals surface area contributed by atoms with E-state index in [4.69, 9.17) is 19.3 Å². The molecule has 0 radical (unpaired) electrons. The van der Waals surface area contributed by atoms with Gasteiger partial charge in [-0.05, 0) is 34.0 Å². The highest BCUT2D eigenvalue weighted by Crippen LogP contribution is 2.37. The number of imide groups is 1. The summed E-state index contributed by atoms with van der Waals surface area (Å²) in [5.74, 6) is -3.99.